The van der Waals surface area contributed by atoms with Crippen molar-refractivity contribution < 1.29 is 0 Å². The molecule has 6 heteroatoms. The first-order valence-corrected chi connectivity index (χ1v) is 8.62. The Morgan fingerprint density at radius 1 is 1.50 bits per heavy atom. The first-order chi connectivity index (χ1) is 9.70. The van der Waals surface area contributed by atoms with Gasteiger partial charge in [0.05, 0.1) is 10.6 Å². The van der Waals surface area contributed by atoms with Gasteiger partial charge in [0.2, 0.25) is 0 Å². The number of aromatic amines is 1. The Labute approximate surface area is 124 Å². The van der Waals surface area contributed by atoms with Crippen LogP contribution in [0.1, 0.15) is 11.3 Å². The number of thioether (sulfide) groups is 1. The first kappa shape index (κ1) is 13.5. The Hall–Kier alpha value is -1.53. The van der Waals surface area contributed by atoms with Crippen molar-refractivity contribution in [2.75, 3.05) is 12.0 Å². The van der Waals surface area contributed by atoms with Gasteiger partial charge >= 0.3 is 0 Å². The predicted molar refractivity (Wildman–Crippen MR) is 85.9 cm³/mol. The Morgan fingerprint density at radius 2 is 2.35 bits per heavy atom. The van der Waals surface area contributed by atoms with Crippen LogP contribution in [0.25, 0.3) is 16.2 Å². The molecule has 0 aromatic carbocycles. The maximum atomic E-state index is 12.2. The van der Waals surface area contributed by atoms with E-state index >= 15 is 0 Å². The predicted octanol–water partition coefficient (Wildman–Crippen LogP) is 2.97. The lowest BCUT2D eigenvalue weighted by molar-refractivity contribution is 0.880. The molecular formula is C14H15N3OS2. The molecule has 0 fully saturated rings. The Balaban J connectivity index is 2.16. The topological polar surface area (TPSA) is 50.2 Å². The van der Waals surface area contributed by atoms with Gasteiger partial charge in [-0.1, -0.05) is 6.07 Å². The maximum Gasteiger partial charge on any atom is 0.272 e. The minimum Gasteiger partial charge on any atom is -0.288 e. The quantitative estimate of drug-likeness (QED) is 0.806. The molecule has 0 atom stereocenters. The second kappa shape index (κ2) is 5.46. The number of rotatable bonds is 4. The molecule has 0 spiro atoms. The number of hydrogen-bond acceptors (Lipinski definition) is 4. The fraction of sp³-hybridized carbons (Fsp3) is 0.286. The average molecular weight is 305 g/mol. The van der Waals surface area contributed by atoms with E-state index in [-0.39, 0.29) is 5.56 Å². The highest BCUT2D eigenvalue weighted by molar-refractivity contribution is 7.98. The number of fused-ring (bicyclic) bond motifs is 1. The largest absolute Gasteiger partial charge is 0.288 e. The molecular weight excluding hydrogens is 290 g/mol. The minimum absolute atomic E-state index is 0.0444. The monoisotopic (exact) mass is 305 g/mol. The van der Waals surface area contributed by atoms with Crippen LogP contribution < -0.4 is 5.56 Å². The fourth-order valence-electron chi connectivity index (χ4n) is 2.19. The van der Waals surface area contributed by atoms with Crippen LogP contribution in [-0.2, 0) is 6.42 Å². The summed E-state index contributed by atoms with van der Waals surface area (Å²) in [6.07, 6.45) is 2.88. The van der Waals surface area contributed by atoms with Gasteiger partial charge in [0, 0.05) is 17.3 Å². The van der Waals surface area contributed by atoms with Crippen molar-refractivity contribution in [3.8, 4) is 10.6 Å². The summed E-state index contributed by atoms with van der Waals surface area (Å²) < 4.78 is 1.53. The van der Waals surface area contributed by atoms with E-state index in [0.29, 0.717) is 0 Å². The van der Waals surface area contributed by atoms with E-state index < -0.39 is 0 Å². The van der Waals surface area contributed by atoms with E-state index in [0.717, 1.165) is 39.6 Å². The number of H-pyrrole nitrogens is 1. The normalized spacial score (nSPS) is 11.3. The van der Waals surface area contributed by atoms with Crippen molar-refractivity contribution >= 4 is 28.7 Å². The van der Waals surface area contributed by atoms with Gasteiger partial charge in [0.15, 0.2) is 5.65 Å². The zero-order valence-electron chi connectivity index (χ0n) is 11.3. The van der Waals surface area contributed by atoms with Crippen molar-refractivity contribution in [1.29, 1.82) is 0 Å². The van der Waals surface area contributed by atoms with E-state index in [1.54, 1.807) is 29.2 Å². The Kier molecular flexibility index (Phi) is 3.67. The second-order valence-corrected chi connectivity index (χ2v) is 6.51. The number of nitrogens with one attached hydrogen (secondary N) is 1. The summed E-state index contributed by atoms with van der Waals surface area (Å²) in [4.78, 5) is 17.9. The molecule has 3 aromatic rings. The average Bonchev–Trinajstić information content (AvgIpc) is 3.05. The third-order valence-electron chi connectivity index (χ3n) is 3.24. The van der Waals surface area contributed by atoms with Crippen LogP contribution in [0.4, 0.5) is 0 Å². The summed E-state index contributed by atoms with van der Waals surface area (Å²) in [6, 6.07) is 5.67. The highest BCUT2D eigenvalue weighted by Gasteiger charge is 2.13. The third-order valence-corrected chi connectivity index (χ3v) is 4.74. The molecule has 0 bridgehead atoms. The Morgan fingerprint density at radius 3 is 3.05 bits per heavy atom. The zero-order chi connectivity index (χ0) is 14.1. The number of aryl methyl sites for hydroxylation is 2. The fourth-order valence-corrected chi connectivity index (χ4v) is 3.38. The van der Waals surface area contributed by atoms with Crippen LogP contribution in [0.15, 0.2) is 28.4 Å². The van der Waals surface area contributed by atoms with Crippen molar-refractivity contribution in [2.24, 2.45) is 0 Å². The summed E-state index contributed by atoms with van der Waals surface area (Å²) in [5.74, 6) is 0.976. The molecule has 0 aliphatic rings. The molecule has 0 amide bonds. The molecule has 0 unspecified atom stereocenters. The second-order valence-electron chi connectivity index (χ2n) is 4.58. The third kappa shape index (κ3) is 2.29. The SMILES string of the molecule is CSCCc1cc(=O)n2[nH]c(-c3cccs3)c(C)c2n1. The lowest BCUT2D eigenvalue weighted by Gasteiger charge is -1.99. The molecule has 1 N–H and O–H groups in total. The van der Waals surface area contributed by atoms with Crippen molar-refractivity contribution in [3.63, 3.8) is 0 Å². The van der Waals surface area contributed by atoms with Gasteiger partial charge in [-0.2, -0.15) is 11.8 Å². The van der Waals surface area contributed by atoms with E-state index in [2.05, 4.69) is 16.3 Å². The molecule has 3 rings (SSSR count). The van der Waals surface area contributed by atoms with Gasteiger partial charge in [0.1, 0.15) is 0 Å². The van der Waals surface area contributed by atoms with E-state index in [4.69, 9.17) is 0 Å². The van der Waals surface area contributed by atoms with Crippen LogP contribution in [0.2, 0.25) is 0 Å². The number of aromatic nitrogens is 3. The number of nitrogens with zero attached hydrogens (tertiary/aromatic N) is 2. The smallest absolute Gasteiger partial charge is 0.272 e. The molecule has 3 heterocycles. The highest BCUT2D eigenvalue weighted by atomic mass is 32.2. The van der Waals surface area contributed by atoms with Gasteiger partial charge in [-0.25, -0.2) is 9.50 Å². The van der Waals surface area contributed by atoms with E-state index in [1.165, 1.54) is 4.52 Å². The van der Waals surface area contributed by atoms with Gasteiger partial charge in [-0.15, -0.1) is 11.3 Å². The van der Waals surface area contributed by atoms with Gasteiger partial charge in [-0.3, -0.25) is 9.89 Å². The van der Waals surface area contributed by atoms with Crippen LogP contribution in [-0.4, -0.2) is 26.6 Å². The molecule has 3 aromatic heterocycles. The Bertz CT molecular complexity index is 787. The minimum atomic E-state index is -0.0444. The van der Waals surface area contributed by atoms with Crippen LogP contribution >= 0.6 is 23.1 Å². The van der Waals surface area contributed by atoms with Gasteiger partial charge in [-0.05, 0) is 36.8 Å². The van der Waals surface area contributed by atoms with E-state index in [9.17, 15) is 4.79 Å². The summed E-state index contributed by atoms with van der Waals surface area (Å²) in [6.45, 7) is 2.01. The van der Waals surface area contributed by atoms with Crippen LogP contribution in [0, 0.1) is 6.92 Å². The molecule has 0 saturated heterocycles. The standard InChI is InChI=1S/C14H15N3OS2/c1-9-13(11-4-3-6-20-11)16-17-12(18)8-10(5-7-19-2)15-14(9)17/h3-4,6,8,16H,5,7H2,1-2H3. The van der Waals surface area contributed by atoms with Crippen molar-refractivity contribution in [3.05, 3.63) is 45.2 Å². The van der Waals surface area contributed by atoms with Gasteiger partial charge in [0.25, 0.3) is 5.56 Å². The molecule has 0 radical (unpaired) electrons. The molecule has 104 valence electrons. The summed E-state index contributed by atoms with van der Waals surface area (Å²) >= 11 is 3.41. The zero-order valence-corrected chi connectivity index (χ0v) is 13.0. The van der Waals surface area contributed by atoms with Crippen LogP contribution in [0.5, 0.6) is 0 Å². The van der Waals surface area contributed by atoms with Crippen LogP contribution in [0.3, 0.4) is 0 Å². The lowest BCUT2D eigenvalue weighted by Crippen LogP contribution is -2.16. The van der Waals surface area contributed by atoms with Gasteiger partial charge < -0.3 is 0 Å². The number of thiophene rings is 1. The molecule has 4 nitrogen and oxygen atoms in total. The molecule has 0 saturated carbocycles. The molecule has 0 aliphatic carbocycles. The summed E-state index contributed by atoms with van der Waals surface area (Å²) in [5, 5.41) is 5.19. The van der Waals surface area contributed by atoms with Crippen molar-refractivity contribution in [2.45, 2.75) is 13.3 Å². The van der Waals surface area contributed by atoms with Crippen molar-refractivity contribution in [1.82, 2.24) is 14.6 Å². The molecule has 20 heavy (non-hydrogen) atoms. The summed E-state index contributed by atoms with van der Waals surface area (Å²) in [7, 11) is 0. The maximum absolute atomic E-state index is 12.2. The number of hydrogen-bond donors (Lipinski definition) is 1. The van der Waals surface area contributed by atoms with E-state index in [1.807, 2.05) is 24.4 Å². The summed E-state index contributed by atoms with van der Waals surface area (Å²) in [5.41, 5.74) is 3.56. The highest BCUT2D eigenvalue weighted by Crippen LogP contribution is 2.27. The molecule has 0 aliphatic heterocycles. The first-order valence-electron chi connectivity index (χ1n) is 6.35. The lowest BCUT2D eigenvalue weighted by atomic mass is 10.2.